The number of aliphatic imine (C=N–C) groups is 1. The molecule has 1 aromatic carbocycles. The number of benzene rings is 1. The van der Waals surface area contributed by atoms with Gasteiger partial charge in [0.1, 0.15) is 11.5 Å². The highest BCUT2D eigenvalue weighted by atomic mass is 35.5. The van der Waals surface area contributed by atoms with Gasteiger partial charge in [0.25, 0.3) is 0 Å². The Balaban J connectivity index is 2.69. The van der Waals surface area contributed by atoms with Gasteiger partial charge in [-0.3, -0.25) is 4.99 Å². The van der Waals surface area contributed by atoms with Crippen LogP contribution in [0.3, 0.4) is 0 Å². The van der Waals surface area contributed by atoms with Crippen molar-refractivity contribution < 1.29 is 10.2 Å². The summed E-state index contributed by atoms with van der Waals surface area (Å²) in [4.78, 5) is 4.30. The zero-order chi connectivity index (χ0) is 14.4. The Kier molecular flexibility index (Phi) is 5.99. The summed E-state index contributed by atoms with van der Waals surface area (Å²) in [6.45, 7) is 7.03. The van der Waals surface area contributed by atoms with E-state index in [1.807, 2.05) is 13.0 Å². The van der Waals surface area contributed by atoms with E-state index < -0.39 is 0 Å². The molecule has 102 valence electrons. The van der Waals surface area contributed by atoms with Crippen molar-refractivity contribution >= 4 is 28.4 Å². The smallest absolute Gasteiger partial charge is 0.134 e. The normalized spacial score (nSPS) is 12.6. The largest absolute Gasteiger partial charge is 0.509 e. The Morgan fingerprint density at radius 3 is 2.79 bits per heavy atom. The first-order valence-electron chi connectivity index (χ1n) is 5.60. The Morgan fingerprint density at radius 2 is 2.16 bits per heavy atom. The molecule has 0 heterocycles. The second-order valence-corrected chi connectivity index (χ2v) is 5.49. The molecule has 0 amide bonds. The Labute approximate surface area is 122 Å². The van der Waals surface area contributed by atoms with E-state index in [-0.39, 0.29) is 11.5 Å². The molecular formula is C14H16ClNO2S. The molecule has 0 radical (unpaired) electrons. The van der Waals surface area contributed by atoms with Gasteiger partial charge in [0.15, 0.2) is 0 Å². The van der Waals surface area contributed by atoms with E-state index in [0.717, 1.165) is 10.6 Å². The predicted molar refractivity (Wildman–Crippen MR) is 83.0 cm³/mol. The Morgan fingerprint density at radius 1 is 1.47 bits per heavy atom. The number of thioether (sulfide) groups is 1. The zero-order valence-electron chi connectivity index (χ0n) is 10.9. The van der Waals surface area contributed by atoms with Crippen LogP contribution in [0.4, 0.5) is 0 Å². The molecule has 0 saturated heterocycles. The van der Waals surface area contributed by atoms with Crippen molar-refractivity contribution in [3.05, 3.63) is 52.9 Å². The van der Waals surface area contributed by atoms with E-state index in [9.17, 15) is 5.11 Å². The molecular weight excluding hydrogens is 282 g/mol. The number of nitrogens with zero attached hydrogens (tertiary/aromatic N) is 1. The average molecular weight is 298 g/mol. The van der Waals surface area contributed by atoms with Crippen LogP contribution in [0.5, 0.6) is 5.75 Å². The number of rotatable bonds is 4. The van der Waals surface area contributed by atoms with Crippen molar-refractivity contribution in [3.63, 3.8) is 0 Å². The molecule has 0 aliphatic carbocycles. The third kappa shape index (κ3) is 5.41. The van der Waals surface area contributed by atoms with E-state index in [2.05, 4.69) is 11.6 Å². The van der Waals surface area contributed by atoms with Gasteiger partial charge < -0.3 is 10.2 Å². The molecule has 0 fully saturated rings. The molecule has 0 bridgehead atoms. The van der Waals surface area contributed by atoms with Gasteiger partial charge in [-0.25, -0.2) is 0 Å². The monoisotopic (exact) mass is 297 g/mol. The van der Waals surface area contributed by atoms with Gasteiger partial charge >= 0.3 is 0 Å². The zero-order valence-corrected chi connectivity index (χ0v) is 12.4. The molecule has 0 saturated carbocycles. The molecule has 1 rings (SSSR count). The lowest BCUT2D eigenvalue weighted by Gasteiger charge is -2.05. The summed E-state index contributed by atoms with van der Waals surface area (Å²) < 4.78 is 0. The molecule has 1 aromatic rings. The van der Waals surface area contributed by atoms with Crippen LogP contribution in [0.15, 0.2) is 47.3 Å². The summed E-state index contributed by atoms with van der Waals surface area (Å²) >= 11 is 7.50. The van der Waals surface area contributed by atoms with Crippen LogP contribution in [0, 0.1) is 0 Å². The van der Waals surface area contributed by atoms with Crippen molar-refractivity contribution in [3.8, 4) is 5.75 Å². The minimum Gasteiger partial charge on any atom is -0.509 e. The minimum atomic E-state index is -0.0184. The van der Waals surface area contributed by atoms with Crippen LogP contribution in [0.2, 0.25) is 5.02 Å². The molecule has 2 N–H and O–H groups in total. The lowest BCUT2D eigenvalue weighted by molar-refractivity contribution is 0.434. The lowest BCUT2D eigenvalue weighted by atomic mass is 10.2. The third-order valence-electron chi connectivity index (χ3n) is 2.20. The van der Waals surface area contributed by atoms with Gasteiger partial charge in [-0.2, -0.15) is 0 Å². The first kappa shape index (κ1) is 15.7. The summed E-state index contributed by atoms with van der Waals surface area (Å²) in [6, 6.07) is 5.17. The lowest BCUT2D eigenvalue weighted by Crippen LogP contribution is -1.89. The van der Waals surface area contributed by atoms with Crippen LogP contribution in [0.1, 0.15) is 19.4 Å². The fourth-order valence-electron chi connectivity index (χ4n) is 1.41. The highest BCUT2D eigenvalue weighted by Gasteiger charge is 2.05. The summed E-state index contributed by atoms with van der Waals surface area (Å²) in [6.07, 6.45) is 1.49. The van der Waals surface area contributed by atoms with Gasteiger partial charge in [0.2, 0.25) is 0 Å². The molecule has 19 heavy (non-hydrogen) atoms. The van der Waals surface area contributed by atoms with Gasteiger partial charge in [0, 0.05) is 17.5 Å². The minimum absolute atomic E-state index is 0.0184. The molecule has 0 aromatic heterocycles. The summed E-state index contributed by atoms with van der Waals surface area (Å²) in [5.41, 5.74) is 1.54. The maximum Gasteiger partial charge on any atom is 0.134 e. The van der Waals surface area contributed by atoms with Crippen LogP contribution < -0.4 is 0 Å². The number of allylic oxidation sites excluding steroid dienone is 2. The van der Waals surface area contributed by atoms with Gasteiger partial charge in [-0.1, -0.05) is 30.3 Å². The topological polar surface area (TPSA) is 52.8 Å². The van der Waals surface area contributed by atoms with E-state index in [4.69, 9.17) is 16.7 Å². The molecule has 0 atom stereocenters. The molecule has 0 unspecified atom stereocenters. The molecule has 5 heteroatoms. The summed E-state index contributed by atoms with van der Waals surface area (Å²) in [5.74, 6) is 0.688. The van der Waals surface area contributed by atoms with Gasteiger partial charge in [-0.05, 0) is 25.5 Å². The fraction of sp³-hybridized carbons (Fsp3) is 0.214. The van der Waals surface area contributed by atoms with Crippen LogP contribution in [-0.4, -0.2) is 15.3 Å². The van der Waals surface area contributed by atoms with Crippen LogP contribution >= 0.6 is 23.4 Å². The van der Waals surface area contributed by atoms with Crippen molar-refractivity contribution in [2.24, 2.45) is 4.99 Å². The highest BCUT2D eigenvalue weighted by molar-refractivity contribution is 8.13. The average Bonchev–Trinajstić information content (AvgIpc) is 2.30. The number of aliphatic hydroxyl groups is 1. The van der Waals surface area contributed by atoms with Crippen molar-refractivity contribution in [2.75, 3.05) is 0 Å². The number of hydrogen-bond acceptors (Lipinski definition) is 4. The molecule has 3 nitrogen and oxygen atoms in total. The quantitative estimate of drug-likeness (QED) is 0.367. The van der Waals surface area contributed by atoms with E-state index >= 15 is 0 Å². The highest BCUT2D eigenvalue weighted by Crippen LogP contribution is 2.29. The summed E-state index contributed by atoms with van der Waals surface area (Å²) in [7, 11) is 0. The third-order valence-corrected chi connectivity index (χ3v) is 3.60. The van der Waals surface area contributed by atoms with Gasteiger partial charge in [-0.15, -0.1) is 11.8 Å². The first-order chi connectivity index (χ1) is 8.90. The number of hydrogen-bond donors (Lipinski definition) is 2. The second kappa shape index (κ2) is 7.26. The van der Waals surface area contributed by atoms with Crippen molar-refractivity contribution in [2.45, 2.75) is 19.6 Å². The van der Waals surface area contributed by atoms with Crippen LogP contribution in [0.25, 0.3) is 0 Å². The van der Waals surface area contributed by atoms with Gasteiger partial charge in [0.05, 0.1) is 10.1 Å². The number of phenols is 1. The van der Waals surface area contributed by atoms with Crippen molar-refractivity contribution in [1.29, 1.82) is 0 Å². The van der Waals surface area contributed by atoms with E-state index in [1.54, 1.807) is 19.1 Å². The van der Waals surface area contributed by atoms with E-state index in [1.165, 1.54) is 17.8 Å². The fourth-order valence-corrected chi connectivity index (χ4v) is 2.50. The Bertz CT molecular complexity index is 538. The first-order valence-corrected chi connectivity index (χ1v) is 6.97. The number of phenolic OH excluding ortho intramolecular Hbond substituents is 1. The predicted octanol–water partition coefficient (Wildman–Crippen LogP) is 4.67. The molecule has 0 aliphatic heterocycles. The number of aliphatic hydroxyl groups excluding tert-OH is 1. The number of halogens is 1. The maximum absolute atomic E-state index is 9.49. The van der Waals surface area contributed by atoms with Crippen LogP contribution in [-0.2, 0) is 5.75 Å². The standard InChI is InChI=1S/C14H16ClNO2S/c1-9(7-10(2)17)16-11(3)19-8-12-5-4-6-13(18)14(12)15/h4-7,17-18H,2,8H2,1,3H3/b9-7-,16-11?. The summed E-state index contributed by atoms with van der Waals surface area (Å²) in [5, 5.41) is 19.7. The van der Waals surface area contributed by atoms with E-state index in [0.29, 0.717) is 16.5 Å². The Hall–Kier alpha value is -1.39. The molecule has 0 aliphatic rings. The SMILES string of the molecule is C=C(O)/C=C(/C)N=C(C)SCc1cccc(O)c1Cl. The van der Waals surface area contributed by atoms with Crippen molar-refractivity contribution in [1.82, 2.24) is 0 Å². The molecule has 0 spiro atoms. The second-order valence-electron chi connectivity index (χ2n) is 3.95. The maximum atomic E-state index is 9.49. The number of aromatic hydroxyl groups is 1.